The van der Waals surface area contributed by atoms with Crippen molar-refractivity contribution in [1.82, 2.24) is 0 Å². The average molecular weight is 632 g/mol. The van der Waals surface area contributed by atoms with Crippen LogP contribution >= 0.6 is 90.4 Å². The topological polar surface area (TPSA) is 0 Å². The Balaban J connectivity index is 3.05. The molecule has 0 atom stereocenters. The van der Waals surface area contributed by atoms with Crippen LogP contribution in [0, 0.1) is 14.3 Å². The first-order valence-corrected chi connectivity index (χ1v) is 8.14. The van der Waals surface area contributed by atoms with Crippen molar-refractivity contribution in [2.75, 3.05) is 0 Å². The highest BCUT2D eigenvalue weighted by Crippen LogP contribution is 2.32. The van der Waals surface area contributed by atoms with Crippen molar-refractivity contribution >= 4 is 101 Å². The highest BCUT2D eigenvalue weighted by atomic mass is 127. The summed E-state index contributed by atoms with van der Waals surface area (Å²) in [5.74, 6) is 0. The van der Waals surface area contributed by atoms with Gasteiger partial charge in [-0.3, -0.25) is 0 Å². The summed E-state index contributed by atoms with van der Waals surface area (Å²) in [6, 6.07) is 8.73. The summed E-state index contributed by atoms with van der Waals surface area (Å²) in [5.41, 5.74) is 0. The van der Waals surface area contributed by atoms with Crippen molar-refractivity contribution in [3.63, 3.8) is 0 Å². The van der Waals surface area contributed by atoms with E-state index in [2.05, 4.69) is 115 Å². The number of hydrogen-bond acceptors (Lipinski definition) is 0. The summed E-state index contributed by atoms with van der Waals surface area (Å²) in [5, 5.41) is 2.79. The van der Waals surface area contributed by atoms with Gasteiger partial charge in [-0.25, -0.2) is 0 Å². The number of halogens is 4. The molecule has 0 aliphatic heterocycles. The van der Waals surface area contributed by atoms with Crippen molar-refractivity contribution in [3.05, 3.63) is 38.5 Å². The van der Waals surface area contributed by atoms with E-state index < -0.39 is 0 Å². The van der Waals surface area contributed by atoms with Gasteiger partial charge in [0.25, 0.3) is 0 Å². The second kappa shape index (κ2) is 4.86. The fourth-order valence-corrected chi connectivity index (χ4v) is 5.32. The molecular formula is C10H4I4. The van der Waals surface area contributed by atoms with E-state index >= 15 is 0 Å². The molecule has 0 saturated heterocycles. The molecule has 0 unspecified atom stereocenters. The van der Waals surface area contributed by atoms with Gasteiger partial charge >= 0.3 is 0 Å². The lowest BCUT2D eigenvalue weighted by Crippen LogP contribution is -1.88. The van der Waals surface area contributed by atoms with Crippen LogP contribution in [0.5, 0.6) is 0 Å². The molecule has 2 rings (SSSR count). The summed E-state index contributed by atoms with van der Waals surface area (Å²) in [6.07, 6.45) is 0. The van der Waals surface area contributed by atoms with E-state index in [1.807, 2.05) is 0 Å². The first kappa shape index (κ1) is 12.1. The van der Waals surface area contributed by atoms with E-state index in [1.54, 1.807) is 0 Å². The van der Waals surface area contributed by atoms with Crippen LogP contribution < -0.4 is 0 Å². The molecule has 14 heavy (non-hydrogen) atoms. The van der Waals surface area contributed by atoms with Gasteiger partial charge in [0.05, 0.1) is 0 Å². The van der Waals surface area contributed by atoms with E-state index in [4.69, 9.17) is 0 Å². The Labute approximate surface area is 137 Å². The molecule has 4 heteroatoms. The lowest BCUT2D eigenvalue weighted by atomic mass is 10.1. The van der Waals surface area contributed by atoms with Crippen LogP contribution in [-0.2, 0) is 0 Å². The zero-order valence-corrected chi connectivity index (χ0v) is 15.5. The molecule has 72 valence electrons. The first-order valence-electron chi connectivity index (χ1n) is 3.83. The second-order valence-electron chi connectivity index (χ2n) is 2.81. The lowest BCUT2D eigenvalue weighted by molar-refractivity contribution is 1.61. The minimum atomic E-state index is 1.33. The Kier molecular flexibility index (Phi) is 4.20. The Morgan fingerprint density at radius 1 is 0.500 bits per heavy atom. The van der Waals surface area contributed by atoms with Crippen LogP contribution in [0.4, 0.5) is 0 Å². The fraction of sp³-hybridized carbons (Fsp3) is 0. The summed E-state index contributed by atoms with van der Waals surface area (Å²) < 4.78 is 5.34. The van der Waals surface area contributed by atoms with Gasteiger partial charge in [0.1, 0.15) is 0 Å². The lowest BCUT2D eigenvalue weighted by Gasteiger charge is -2.07. The minimum Gasteiger partial charge on any atom is -0.0471 e. The molecule has 0 nitrogen and oxygen atoms in total. The van der Waals surface area contributed by atoms with Gasteiger partial charge in [-0.05, 0) is 115 Å². The maximum Gasteiger partial charge on any atom is 0.0220 e. The largest absolute Gasteiger partial charge is 0.0471 e. The van der Waals surface area contributed by atoms with Gasteiger partial charge in [-0.15, -0.1) is 0 Å². The van der Waals surface area contributed by atoms with Crippen molar-refractivity contribution in [2.45, 2.75) is 0 Å². The maximum absolute atomic E-state index is 2.41. The zero-order chi connectivity index (χ0) is 10.3. The van der Waals surface area contributed by atoms with Crippen LogP contribution in [-0.4, -0.2) is 0 Å². The smallest absolute Gasteiger partial charge is 0.0220 e. The molecule has 0 spiro atoms. The third kappa shape index (κ3) is 2.17. The van der Waals surface area contributed by atoms with Crippen LogP contribution in [0.25, 0.3) is 10.8 Å². The minimum absolute atomic E-state index is 1.33. The second-order valence-corrected chi connectivity index (χ2v) is 7.46. The predicted molar refractivity (Wildman–Crippen MR) is 94.8 cm³/mol. The van der Waals surface area contributed by atoms with Gasteiger partial charge in [-0.1, -0.05) is 0 Å². The number of fused-ring (bicyclic) bond motifs is 1. The molecule has 0 aromatic heterocycles. The molecule has 0 aliphatic rings. The molecule has 0 amide bonds. The zero-order valence-electron chi connectivity index (χ0n) is 6.82. The molecule has 0 saturated carbocycles. The molecular weight excluding hydrogens is 628 g/mol. The van der Waals surface area contributed by atoms with Gasteiger partial charge in [0, 0.05) is 25.1 Å². The van der Waals surface area contributed by atoms with E-state index in [9.17, 15) is 0 Å². The summed E-state index contributed by atoms with van der Waals surface area (Å²) >= 11 is 9.62. The van der Waals surface area contributed by atoms with Crippen molar-refractivity contribution in [3.8, 4) is 0 Å². The molecule has 0 radical (unpaired) electrons. The van der Waals surface area contributed by atoms with E-state index in [0.29, 0.717) is 0 Å². The summed E-state index contributed by atoms with van der Waals surface area (Å²) in [6.45, 7) is 0. The summed E-state index contributed by atoms with van der Waals surface area (Å²) in [7, 11) is 0. The van der Waals surface area contributed by atoms with E-state index in [1.165, 1.54) is 25.1 Å². The fourth-order valence-electron chi connectivity index (χ4n) is 1.33. The van der Waals surface area contributed by atoms with E-state index in [0.717, 1.165) is 0 Å². The average Bonchev–Trinajstić information content (AvgIpc) is 2.16. The SMILES string of the molecule is Ic1ccc(I)c2c(I)ccc(I)c12. The highest BCUT2D eigenvalue weighted by molar-refractivity contribution is 14.1. The quantitative estimate of drug-likeness (QED) is 0.349. The van der Waals surface area contributed by atoms with Gasteiger partial charge < -0.3 is 0 Å². The van der Waals surface area contributed by atoms with Crippen LogP contribution in [0.15, 0.2) is 24.3 Å². The van der Waals surface area contributed by atoms with Crippen LogP contribution in [0.1, 0.15) is 0 Å². The van der Waals surface area contributed by atoms with Crippen molar-refractivity contribution in [2.24, 2.45) is 0 Å². The number of hydrogen-bond donors (Lipinski definition) is 0. The Morgan fingerprint density at radius 2 is 0.714 bits per heavy atom. The highest BCUT2D eigenvalue weighted by Gasteiger charge is 2.08. The molecule has 0 heterocycles. The third-order valence-electron chi connectivity index (χ3n) is 1.96. The third-order valence-corrected chi connectivity index (χ3v) is 5.55. The maximum atomic E-state index is 2.41. The molecule has 0 aliphatic carbocycles. The van der Waals surface area contributed by atoms with Gasteiger partial charge in [-0.2, -0.15) is 0 Å². The Hall–Kier alpha value is 1.62. The van der Waals surface area contributed by atoms with Gasteiger partial charge in [0.2, 0.25) is 0 Å². The molecule has 2 aromatic rings. The summed E-state index contributed by atoms with van der Waals surface area (Å²) in [4.78, 5) is 0. The predicted octanol–water partition coefficient (Wildman–Crippen LogP) is 5.26. The Bertz CT molecular complexity index is 416. The first-order chi connectivity index (χ1) is 6.61. The van der Waals surface area contributed by atoms with Crippen LogP contribution in [0.3, 0.4) is 0 Å². The number of rotatable bonds is 0. The van der Waals surface area contributed by atoms with Gasteiger partial charge in [0.15, 0.2) is 0 Å². The standard InChI is InChI=1S/C10H4I4/c11-5-1-2-6(12)10-8(14)4-3-7(13)9(5)10/h1-4H. The normalized spacial score (nSPS) is 10.9. The van der Waals surface area contributed by atoms with E-state index in [-0.39, 0.29) is 0 Å². The monoisotopic (exact) mass is 632 g/mol. The Morgan fingerprint density at radius 3 is 0.929 bits per heavy atom. The van der Waals surface area contributed by atoms with Crippen molar-refractivity contribution < 1.29 is 0 Å². The van der Waals surface area contributed by atoms with Crippen molar-refractivity contribution in [1.29, 1.82) is 0 Å². The molecule has 2 aromatic carbocycles. The molecule has 0 bridgehead atoms. The molecule has 0 N–H and O–H groups in total. The molecule has 0 fully saturated rings. The van der Waals surface area contributed by atoms with Crippen LogP contribution in [0.2, 0.25) is 0 Å². The number of benzene rings is 2.